The van der Waals surface area contributed by atoms with Crippen LogP contribution in [0.5, 0.6) is 0 Å². The van der Waals surface area contributed by atoms with Gasteiger partial charge in [-0.1, -0.05) is 45.4 Å². The molecule has 398 valence electrons. The smallest absolute Gasteiger partial charge is 0.217 e. The molecule has 68 heavy (non-hydrogen) atoms. The maximum atomic E-state index is 11.8. The van der Waals surface area contributed by atoms with Crippen LogP contribution in [0.25, 0.3) is 0 Å². The van der Waals surface area contributed by atoms with Crippen molar-refractivity contribution in [2.45, 2.75) is 203 Å². The lowest BCUT2D eigenvalue weighted by molar-refractivity contribution is -0.270. The first-order chi connectivity index (χ1) is 32.5. The molecule has 0 aromatic rings. The molecule has 0 aliphatic carbocycles. The molecule has 0 bridgehead atoms. The number of nitrogens with one attached hydrogen (secondary N) is 3. The van der Waals surface area contributed by atoms with Gasteiger partial charge in [0.1, 0.15) is 61.0 Å². The molecule has 0 aromatic carbocycles. The van der Waals surface area contributed by atoms with Crippen LogP contribution in [0.1, 0.15) is 111 Å². The lowest BCUT2D eigenvalue weighted by Crippen LogP contribution is -2.64. The molecule has 22 heteroatoms. The second-order valence-corrected chi connectivity index (χ2v) is 18.9. The molecule has 3 aliphatic rings. The van der Waals surface area contributed by atoms with Gasteiger partial charge in [-0.05, 0) is 44.9 Å². The Labute approximate surface area is 400 Å². The number of aliphatic hydroxyl groups is 9. The Morgan fingerprint density at radius 3 is 1.15 bits per heavy atom. The van der Waals surface area contributed by atoms with Crippen molar-refractivity contribution >= 4 is 17.7 Å². The summed E-state index contributed by atoms with van der Waals surface area (Å²) in [6.45, 7) is 7.42. The van der Waals surface area contributed by atoms with Crippen molar-refractivity contribution in [1.29, 1.82) is 0 Å². The van der Waals surface area contributed by atoms with E-state index >= 15 is 0 Å². The number of carbonyl (C=O) groups is 3. The minimum absolute atomic E-state index is 0.244. The fraction of sp³-hybridized carbons (Fsp3) is 0.935. The van der Waals surface area contributed by atoms with Crippen LogP contribution in [0.3, 0.4) is 0 Å². The lowest BCUT2D eigenvalue weighted by Gasteiger charge is -2.42. The predicted molar refractivity (Wildman–Crippen MR) is 243 cm³/mol. The van der Waals surface area contributed by atoms with Crippen molar-refractivity contribution in [2.24, 2.45) is 5.41 Å². The zero-order valence-electron chi connectivity index (χ0n) is 40.5. The van der Waals surface area contributed by atoms with E-state index in [4.69, 9.17) is 33.2 Å². The number of hydrogen-bond acceptors (Lipinski definition) is 19. The van der Waals surface area contributed by atoms with Crippen molar-refractivity contribution in [1.82, 2.24) is 16.0 Å². The van der Waals surface area contributed by atoms with Gasteiger partial charge in [-0.25, -0.2) is 0 Å². The topological polar surface area (TPSA) is 334 Å². The van der Waals surface area contributed by atoms with E-state index in [2.05, 4.69) is 16.0 Å². The quantitative estimate of drug-likeness (QED) is 0.0318. The van der Waals surface area contributed by atoms with E-state index in [1.54, 1.807) is 0 Å². The van der Waals surface area contributed by atoms with E-state index in [0.717, 1.165) is 64.2 Å². The third-order valence-electron chi connectivity index (χ3n) is 12.7. The monoisotopic (exact) mass is 984 g/mol. The minimum Gasteiger partial charge on any atom is -0.394 e. The van der Waals surface area contributed by atoms with Gasteiger partial charge in [-0.3, -0.25) is 14.4 Å². The molecule has 22 nitrogen and oxygen atoms in total. The average molecular weight is 984 g/mol. The highest BCUT2D eigenvalue weighted by atomic mass is 16.7. The molecule has 0 saturated carbocycles. The molecule has 3 fully saturated rings. The molecule has 3 rings (SSSR count). The van der Waals surface area contributed by atoms with Gasteiger partial charge in [-0.2, -0.15) is 0 Å². The third-order valence-corrected chi connectivity index (χ3v) is 12.7. The summed E-state index contributed by atoms with van der Waals surface area (Å²) in [5, 5.41) is 99.2. The summed E-state index contributed by atoms with van der Waals surface area (Å²) in [5.41, 5.74) is -0.466. The van der Waals surface area contributed by atoms with Gasteiger partial charge >= 0.3 is 0 Å². The van der Waals surface area contributed by atoms with Crippen LogP contribution in [0.2, 0.25) is 0 Å². The third kappa shape index (κ3) is 20.1. The first-order valence-corrected chi connectivity index (χ1v) is 24.5. The Morgan fingerprint density at radius 1 is 0.441 bits per heavy atom. The van der Waals surface area contributed by atoms with Crippen LogP contribution in [-0.2, 0) is 47.5 Å². The summed E-state index contributed by atoms with van der Waals surface area (Å²) in [7, 11) is 0. The number of unbranched alkanes of at least 4 members (excludes halogenated alkanes) is 8. The van der Waals surface area contributed by atoms with Crippen molar-refractivity contribution in [3.8, 4) is 0 Å². The largest absolute Gasteiger partial charge is 0.394 e. The molecule has 0 aromatic heterocycles. The molecular formula is C46H85N3O19. The summed E-state index contributed by atoms with van der Waals surface area (Å²) < 4.78 is 41.6. The number of hydrogen-bond donors (Lipinski definition) is 12. The van der Waals surface area contributed by atoms with Crippen LogP contribution in [0.15, 0.2) is 0 Å². The van der Waals surface area contributed by atoms with Crippen molar-refractivity contribution in [3.05, 3.63) is 0 Å². The molecule has 3 heterocycles. The maximum Gasteiger partial charge on any atom is 0.217 e. The van der Waals surface area contributed by atoms with Gasteiger partial charge in [0.2, 0.25) is 17.7 Å². The second-order valence-electron chi connectivity index (χ2n) is 18.9. The zero-order valence-corrected chi connectivity index (χ0v) is 40.5. The van der Waals surface area contributed by atoms with E-state index in [9.17, 15) is 60.3 Å². The summed E-state index contributed by atoms with van der Waals surface area (Å²) in [4.78, 5) is 35.2. The Balaban J connectivity index is 1.42. The summed E-state index contributed by atoms with van der Waals surface area (Å²) >= 11 is 0. The standard InChI is InChI=1S/C46H85N3O19/c1-28(53)47-36-31(66-33(22-50)39(56)42(36)59)16-10-5-7-12-18-62-25-46(4,26-63-19-13-8-6-11-17-32-37(48-29(2)54)43(60)40(57)34(23-51)67-32)27-64-20-14-9-15-21-65-45-38(49-30(3)55)44(61)41(58)35(24-52)68-45/h31-45,50-52,56-61H,5-27H2,1-4H3,(H,47,53)(H,48,54)(H,49,55)/t31-,32-,33?,34?,35?,36?,37?,38?,39-,40-,41-,42+,43+,44+,45+,46?/m0/s1. The van der Waals surface area contributed by atoms with Gasteiger partial charge in [0, 0.05) is 52.6 Å². The van der Waals surface area contributed by atoms with Crippen LogP contribution in [-0.4, -0.2) is 221 Å². The maximum absolute atomic E-state index is 11.8. The second kappa shape index (κ2) is 32.0. The lowest BCUT2D eigenvalue weighted by atomic mass is 9.90. The molecule has 0 spiro atoms. The molecule has 6 unspecified atom stereocenters. The number of amides is 3. The average Bonchev–Trinajstić information content (AvgIpc) is 3.29. The van der Waals surface area contributed by atoms with Gasteiger partial charge in [-0.15, -0.1) is 0 Å². The van der Waals surface area contributed by atoms with Gasteiger partial charge in [0.25, 0.3) is 0 Å². The molecule has 3 saturated heterocycles. The molecule has 12 N–H and O–H groups in total. The fourth-order valence-electron chi connectivity index (χ4n) is 8.89. The van der Waals surface area contributed by atoms with Crippen LogP contribution in [0.4, 0.5) is 0 Å². The highest BCUT2D eigenvalue weighted by Gasteiger charge is 2.47. The first kappa shape index (κ1) is 60.1. The molecule has 3 aliphatic heterocycles. The number of ether oxygens (including phenoxy) is 7. The Hall–Kier alpha value is -2.23. The number of rotatable bonds is 33. The van der Waals surface area contributed by atoms with E-state index in [1.165, 1.54) is 20.8 Å². The van der Waals surface area contributed by atoms with E-state index in [-0.39, 0.29) is 18.4 Å². The summed E-state index contributed by atoms with van der Waals surface area (Å²) in [6.07, 6.45) is -3.46. The zero-order chi connectivity index (χ0) is 50.2. The molecular weight excluding hydrogens is 899 g/mol. The molecule has 15 atom stereocenters. The fourth-order valence-corrected chi connectivity index (χ4v) is 8.89. The van der Waals surface area contributed by atoms with Crippen molar-refractivity contribution < 1.29 is 93.5 Å². The van der Waals surface area contributed by atoms with Gasteiger partial charge < -0.3 is 95.1 Å². The van der Waals surface area contributed by atoms with Crippen LogP contribution in [0, 0.1) is 5.41 Å². The number of aliphatic hydroxyl groups excluding tert-OH is 9. The van der Waals surface area contributed by atoms with E-state index < -0.39 is 123 Å². The van der Waals surface area contributed by atoms with Crippen LogP contribution < -0.4 is 16.0 Å². The summed E-state index contributed by atoms with van der Waals surface area (Å²) in [6, 6.07) is -2.58. The minimum atomic E-state index is -1.39. The van der Waals surface area contributed by atoms with E-state index in [1.807, 2.05) is 6.92 Å². The summed E-state index contributed by atoms with van der Waals surface area (Å²) in [5.74, 6) is -1.14. The first-order valence-electron chi connectivity index (χ1n) is 24.5. The van der Waals surface area contributed by atoms with Crippen LogP contribution >= 0.6 is 0 Å². The molecule has 3 amide bonds. The normalized spacial score (nSPS) is 32.9. The highest BCUT2D eigenvalue weighted by Crippen LogP contribution is 2.28. The Kier molecular flexibility index (Phi) is 28.2. The predicted octanol–water partition coefficient (Wildman–Crippen LogP) is -1.95. The Morgan fingerprint density at radius 2 is 0.765 bits per heavy atom. The SMILES string of the molecule is CC(=O)NC1[C@H](OCCCCCOCC(C)(COCCCCCC[C@@H]2OC(CO)[C@H](O)[C@H](O)C2NC(C)=O)COCCCCCC[C@@H]2OC(CO)[C@H](O)[C@H](O)C2NC(C)=O)OC(CO)[C@H](O)[C@@H]1O. The van der Waals surface area contributed by atoms with Gasteiger partial charge in [0.05, 0.1) is 63.9 Å². The van der Waals surface area contributed by atoms with Gasteiger partial charge in [0.15, 0.2) is 6.29 Å². The number of carbonyl (C=O) groups excluding carboxylic acids is 3. The van der Waals surface area contributed by atoms with Crippen molar-refractivity contribution in [3.63, 3.8) is 0 Å². The van der Waals surface area contributed by atoms with Crippen molar-refractivity contribution in [2.75, 3.05) is 66.1 Å². The Bertz CT molecular complexity index is 1260. The van der Waals surface area contributed by atoms with E-state index in [0.29, 0.717) is 58.9 Å². The molecule has 0 radical (unpaired) electrons. The highest BCUT2D eigenvalue weighted by molar-refractivity contribution is 5.74.